The van der Waals surface area contributed by atoms with E-state index in [4.69, 9.17) is 0 Å². The average molecular weight is 258 g/mol. The largest absolute Gasteiger partial charge is 0.309 e. The van der Waals surface area contributed by atoms with Crippen LogP contribution in [0.4, 0.5) is 0 Å². The normalized spacial score (nSPS) is 14.9. The van der Waals surface area contributed by atoms with Crippen LogP contribution in [0.1, 0.15) is 28.3 Å². The number of hydrogen-bond donors (Lipinski definition) is 1. The fourth-order valence-electron chi connectivity index (χ4n) is 1.97. The third-order valence-corrected chi connectivity index (χ3v) is 4.27. The van der Waals surface area contributed by atoms with E-state index >= 15 is 0 Å². The lowest BCUT2D eigenvalue weighted by molar-refractivity contribution is 0.694. The number of hydrogen-bond acceptors (Lipinski definition) is 3. The summed E-state index contributed by atoms with van der Waals surface area (Å²) in [7, 11) is 0. The highest BCUT2D eigenvalue weighted by Gasteiger charge is 2.20. The molecular weight excluding hydrogens is 240 g/mol. The van der Waals surface area contributed by atoms with Crippen molar-refractivity contribution in [3.05, 3.63) is 52.0 Å². The molecule has 2 nitrogen and oxygen atoms in total. The lowest BCUT2D eigenvalue weighted by Crippen LogP contribution is -2.14. The number of nitrogens with one attached hydrogen (secondary N) is 1. The molecule has 18 heavy (non-hydrogen) atoms. The molecule has 94 valence electrons. The highest BCUT2D eigenvalue weighted by atomic mass is 32.1. The highest BCUT2D eigenvalue weighted by molar-refractivity contribution is 7.11. The van der Waals surface area contributed by atoms with Gasteiger partial charge < -0.3 is 5.32 Å². The minimum Gasteiger partial charge on any atom is -0.309 e. The number of aromatic nitrogens is 1. The minimum absolute atomic E-state index is 0.778. The molecule has 1 heterocycles. The van der Waals surface area contributed by atoms with Crippen LogP contribution in [-0.4, -0.2) is 11.0 Å². The molecule has 1 aliphatic rings. The zero-order valence-electron chi connectivity index (χ0n) is 10.4. The predicted molar refractivity (Wildman–Crippen MR) is 75.8 cm³/mol. The molecule has 3 heteroatoms. The van der Waals surface area contributed by atoms with Gasteiger partial charge in [-0.2, -0.15) is 0 Å². The second-order valence-corrected chi connectivity index (χ2v) is 6.06. The summed E-state index contributed by atoms with van der Waals surface area (Å²) < 4.78 is 0. The average Bonchev–Trinajstić information content (AvgIpc) is 3.14. The van der Waals surface area contributed by atoms with Crippen molar-refractivity contribution in [3.63, 3.8) is 0 Å². The molecule has 1 N–H and O–H groups in total. The fraction of sp³-hybridized carbons (Fsp3) is 0.400. The Morgan fingerprint density at radius 2 is 2.00 bits per heavy atom. The van der Waals surface area contributed by atoms with Crippen molar-refractivity contribution in [3.8, 4) is 0 Å². The van der Waals surface area contributed by atoms with Gasteiger partial charge in [0, 0.05) is 30.1 Å². The molecule has 0 spiro atoms. The van der Waals surface area contributed by atoms with Gasteiger partial charge in [-0.25, -0.2) is 4.98 Å². The van der Waals surface area contributed by atoms with Gasteiger partial charge in [-0.05, 0) is 24.8 Å². The molecule has 0 bridgehead atoms. The van der Waals surface area contributed by atoms with Crippen LogP contribution >= 0.6 is 11.3 Å². The summed E-state index contributed by atoms with van der Waals surface area (Å²) in [5, 5.41) is 4.79. The summed E-state index contributed by atoms with van der Waals surface area (Å²) in [6, 6.07) is 11.4. The zero-order valence-corrected chi connectivity index (χ0v) is 11.2. The van der Waals surface area contributed by atoms with Crippen molar-refractivity contribution >= 4 is 11.3 Å². The van der Waals surface area contributed by atoms with Crippen molar-refractivity contribution < 1.29 is 0 Å². The number of rotatable bonds is 6. The van der Waals surface area contributed by atoms with E-state index in [1.807, 2.05) is 17.5 Å². The topological polar surface area (TPSA) is 24.9 Å². The van der Waals surface area contributed by atoms with E-state index in [1.54, 1.807) is 0 Å². The molecule has 0 radical (unpaired) electrons. The maximum Gasteiger partial charge on any atom is 0.0931 e. The molecule has 0 amide bonds. The number of aryl methyl sites for hydroxylation is 2. The van der Waals surface area contributed by atoms with Gasteiger partial charge in [-0.3, -0.25) is 0 Å². The summed E-state index contributed by atoms with van der Waals surface area (Å²) in [6.07, 6.45) is 6.86. The highest BCUT2D eigenvalue weighted by Crippen LogP contribution is 2.21. The molecule has 1 saturated carbocycles. The molecule has 1 aromatic heterocycles. The Bertz CT molecular complexity index is 488. The molecule has 1 aliphatic carbocycles. The predicted octanol–water partition coefficient (Wildman–Crippen LogP) is 3.18. The number of benzene rings is 1. The van der Waals surface area contributed by atoms with E-state index in [0.29, 0.717) is 0 Å². The fourth-order valence-corrected chi connectivity index (χ4v) is 2.85. The Hall–Kier alpha value is -1.19. The Kier molecular flexibility index (Phi) is 3.72. The van der Waals surface area contributed by atoms with E-state index in [1.165, 1.54) is 28.3 Å². The van der Waals surface area contributed by atoms with Gasteiger partial charge in [0.15, 0.2) is 0 Å². The van der Waals surface area contributed by atoms with Gasteiger partial charge in [0.05, 0.1) is 5.01 Å². The van der Waals surface area contributed by atoms with Crippen LogP contribution in [0.25, 0.3) is 0 Å². The molecule has 0 atom stereocenters. The summed E-state index contributed by atoms with van der Waals surface area (Å²) in [5.41, 5.74) is 1.39. The lowest BCUT2D eigenvalue weighted by atomic mass is 10.1. The van der Waals surface area contributed by atoms with Crippen LogP contribution in [-0.2, 0) is 19.4 Å². The summed E-state index contributed by atoms with van der Waals surface area (Å²) in [5.74, 6) is 0. The van der Waals surface area contributed by atoms with Crippen molar-refractivity contribution in [2.75, 3.05) is 0 Å². The van der Waals surface area contributed by atoms with E-state index < -0.39 is 0 Å². The van der Waals surface area contributed by atoms with Gasteiger partial charge in [0.1, 0.15) is 0 Å². The molecule has 3 rings (SSSR count). The summed E-state index contributed by atoms with van der Waals surface area (Å²) >= 11 is 1.85. The Morgan fingerprint density at radius 1 is 1.17 bits per heavy atom. The van der Waals surface area contributed by atoms with E-state index in [9.17, 15) is 0 Å². The Morgan fingerprint density at radius 3 is 2.78 bits per heavy atom. The quantitative estimate of drug-likeness (QED) is 0.861. The molecule has 0 unspecified atom stereocenters. The summed E-state index contributed by atoms with van der Waals surface area (Å²) in [4.78, 5) is 5.87. The third kappa shape index (κ3) is 3.40. The smallest absolute Gasteiger partial charge is 0.0931 e. The van der Waals surface area contributed by atoms with Crippen molar-refractivity contribution in [2.24, 2.45) is 0 Å². The first-order valence-corrected chi connectivity index (χ1v) is 7.43. The Labute approximate surface area is 112 Å². The van der Waals surface area contributed by atoms with Crippen molar-refractivity contribution in [2.45, 2.75) is 38.3 Å². The van der Waals surface area contributed by atoms with Gasteiger partial charge in [0.25, 0.3) is 0 Å². The van der Waals surface area contributed by atoms with Crippen LogP contribution in [0, 0.1) is 0 Å². The van der Waals surface area contributed by atoms with Crippen LogP contribution in [0.3, 0.4) is 0 Å². The summed E-state index contributed by atoms with van der Waals surface area (Å²) in [6.45, 7) is 0.994. The molecule has 1 aromatic carbocycles. The molecule has 2 aromatic rings. The maximum absolute atomic E-state index is 4.51. The first-order valence-electron chi connectivity index (χ1n) is 6.61. The monoisotopic (exact) mass is 258 g/mol. The SMILES string of the molecule is c1ccc(CCc2ncc(CNC3CC3)s2)cc1. The van der Waals surface area contributed by atoms with Gasteiger partial charge in [-0.15, -0.1) is 11.3 Å². The molecule has 0 saturated heterocycles. The van der Waals surface area contributed by atoms with Crippen LogP contribution < -0.4 is 5.32 Å². The molecule has 1 fully saturated rings. The Balaban J connectivity index is 1.50. The van der Waals surface area contributed by atoms with E-state index in [0.717, 1.165) is 25.4 Å². The second kappa shape index (κ2) is 5.63. The lowest BCUT2D eigenvalue weighted by Gasteiger charge is -1.98. The van der Waals surface area contributed by atoms with E-state index in [-0.39, 0.29) is 0 Å². The van der Waals surface area contributed by atoms with Crippen molar-refractivity contribution in [1.82, 2.24) is 10.3 Å². The zero-order chi connectivity index (χ0) is 12.2. The first-order chi connectivity index (χ1) is 8.90. The standard InChI is InChI=1S/C15H18N2S/c1-2-4-12(5-3-1)6-9-15-17-11-14(18-15)10-16-13-7-8-13/h1-5,11,13,16H,6-10H2. The minimum atomic E-state index is 0.778. The maximum atomic E-state index is 4.51. The first kappa shape index (κ1) is 11.9. The van der Waals surface area contributed by atoms with Gasteiger partial charge >= 0.3 is 0 Å². The molecular formula is C15H18N2S. The van der Waals surface area contributed by atoms with Crippen LogP contribution in [0.2, 0.25) is 0 Å². The van der Waals surface area contributed by atoms with Gasteiger partial charge in [-0.1, -0.05) is 30.3 Å². The van der Waals surface area contributed by atoms with Crippen molar-refractivity contribution in [1.29, 1.82) is 0 Å². The number of thiazole rings is 1. The second-order valence-electron chi connectivity index (χ2n) is 4.86. The van der Waals surface area contributed by atoms with Gasteiger partial charge in [0.2, 0.25) is 0 Å². The molecule has 0 aliphatic heterocycles. The van der Waals surface area contributed by atoms with Crippen LogP contribution in [0.15, 0.2) is 36.5 Å². The van der Waals surface area contributed by atoms with E-state index in [2.05, 4.69) is 40.6 Å². The third-order valence-electron chi connectivity index (χ3n) is 3.21. The van der Waals surface area contributed by atoms with Crippen LogP contribution in [0.5, 0.6) is 0 Å². The number of nitrogens with zero attached hydrogens (tertiary/aromatic N) is 1.